The van der Waals surface area contributed by atoms with E-state index in [0.29, 0.717) is 18.2 Å². The summed E-state index contributed by atoms with van der Waals surface area (Å²) in [5.41, 5.74) is 3.67. The van der Waals surface area contributed by atoms with Crippen molar-refractivity contribution < 1.29 is 0 Å². The van der Waals surface area contributed by atoms with Gasteiger partial charge < -0.3 is 5.32 Å². The highest BCUT2D eigenvalue weighted by molar-refractivity contribution is 9.10. The van der Waals surface area contributed by atoms with E-state index in [2.05, 4.69) is 31.2 Å². The van der Waals surface area contributed by atoms with Crippen molar-refractivity contribution in [2.24, 2.45) is 0 Å². The van der Waals surface area contributed by atoms with Gasteiger partial charge in [0, 0.05) is 22.6 Å². The predicted molar refractivity (Wildman–Crippen MR) is 96.5 cm³/mol. The Labute approximate surface area is 142 Å². The maximum Gasteiger partial charge on any atom is 0.252 e. The molecule has 0 fully saturated rings. The van der Waals surface area contributed by atoms with Crippen LogP contribution in [0.3, 0.4) is 0 Å². The number of hydrogen-bond donors (Lipinski definition) is 2. The summed E-state index contributed by atoms with van der Waals surface area (Å²) in [5.74, 6) is 0.469. The van der Waals surface area contributed by atoms with Crippen molar-refractivity contribution in [1.82, 2.24) is 9.97 Å². The van der Waals surface area contributed by atoms with Crippen LogP contribution < -0.4 is 10.9 Å². The number of halogens is 1. The van der Waals surface area contributed by atoms with Gasteiger partial charge in [-0.3, -0.25) is 9.78 Å². The predicted octanol–water partition coefficient (Wildman–Crippen LogP) is 4.12. The molecule has 2 N–H and O–H groups in total. The van der Waals surface area contributed by atoms with Crippen LogP contribution in [0.15, 0.2) is 63.9 Å². The molecule has 0 radical (unpaired) electrons. The highest BCUT2D eigenvalue weighted by Gasteiger charge is 2.04. The molecule has 0 saturated carbocycles. The Bertz CT molecular complexity index is 872. The average Bonchev–Trinajstić information content (AvgIpc) is 2.54. The van der Waals surface area contributed by atoms with Gasteiger partial charge in [0.05, 0.1) is 5.69 Å². The number of nitrogens with one attached hydrogen (secondary N) is 2. The lowest BCUT2D eigenvalue weighted by molar-refractivity contribution is 1.04. The van der Waals surface area contributed by atoms with Gasteiger partial charge in [0.25, 0.3) is 5.56 Å². The van der Waals surface area contributed by atoms with Crippen molar-refractivity contribution >= 4 is 21.9 Å². The van der Waals surface area contributed by atoms with Crippen LogP contribution in [-0.4, -0.2) is 9.97 Å². The van der Waals surface area contributed by atoms with Gasteiger partial charge in [0.15, 0.2) is 0 Å². The molecule has 0 saturated heterocycles. The van der Waals surface area contributed by atoms with E-state index < -0.39 is 0 Å². The van der Waals surface area contributed by atoms with Gasteiger partial charge in [0.1, 0.15) is 0 Å². The lowest BCUT2D eigenvalue weighted by Gasteiger charge is -2.08. The summed E-state index contributed by atoms with van der Waals surface area (Å²) in [6.45, 7) is 2.61. The number of rotatable bonds is 4. The van der Waals surface area contributed by atoms with Gasteiger partial charge >= 0.3 is 0 Å². The van der Waals surface area contributed by atoms with Crippen molar-refractivity contribution in [2.75, 3.05) is 5.32 Å². The largest absolute Gasteiger partial charge is 0.352 e. The molecule has 0 unspecified atom stereocenters. The first-order chi connectivity index (χ1) is 11.1. The van der Waals surface area contributed by atoms with Crippen molar-refractivity contribution in [1.29, 1.82) is 0 Å². The van der Waals surface area contributed by atoms with E-state index in [1.165, 1.54) is 6.07 Å². The first kappa shape index (κ1) is 15.5. The number of nitrogens with zero attached hydrogens (tertiary/aromatic N) is 1. The van der Waals surface area contributed by atoms with Gasteiger partial charge in [-0.15, -0.1) is 0 Å². The van der Waals surface area contributed by atoms with E-state index in [1.807, 2.05) is 55.5 Å². The van der Waals surface area contributed by atoms with Crippen molar-refractivity contribution in [3.8, 4) is 11.3 Å². The van der Waals surface area contributed by atoms with Crippen LogP contribution in [0.4, 0.5) is 5.95 Å². The molecule has 5 heteroatoms. The van der Waals surface area contributed by atoms with Gasteiger partial charge in [-0.1, -0.05) is 51.8 Å². The first-order valence-electron chi connectivity index (χ1n) is 7.27. The highest BCUT2D eigenvalue weighted by atomic mass is 79.9. The molecule has 0 atom stereocenters. The fourth-order valence-electron chi connectivity index (χ4n) is 2.28. The molecular weight excluding hydrogens is 354 g/mol. The Morgan fingerprint density at radius 1 is 1.13 bits per heavy atom. The van der Waals surface area contributed by atoms with Crippen molar-refractivity contribution in [3.63, 3.8) is 0 Å². The molecule has 2 aromatic carbocycles. The monoisotopic (exact) mass is 369 g/mol. The molecular formula is C18H16BrN3O. The lowest BCUT2D eigenvalue weighted by atomic mass is 10.1. The molecule has 3 aromatic rings. The number of anilines is 1. The van der Waals surface area contributed by atoms with Crippen LogP contribution >= 0.6 is 15.9 Å². The van der Waals surface area contributed by atoms with Gasteiger partial charge in [0.2, 0.25) is 5.95 Å². The van der Waals surface area contributed by atoms with Crippen LogP contribution in [0.25, 0.3) is 11.3 Å². The molecule has 3 rings (SSSR count). The summed E-state index contributed by atoms with van der Waals surface area (Å²) in [5, 5.41) is 3.16. The SMILES string of the molecule is Cc1cccc(-c2cc(=O)[nH]c(NCc3ccc(Br)cc3)n2)c1. The van der Waals surface area contributed by atoms with Gasteiger partial charge in [-0.2, -0.15) is 0 Å². The lowest BCUT2D eigenvalue weighted by Crippen LogP contribution is -2.12. The van der Waals surface area contributed by atoms with E-state index in [0.717, 1.165) is 21.2 Å². The fourth-order valence-corrected chi connectivity index (χ4v) is 2.55. The van der Waals surface area contributed by atoms with Crippen LogP contribution in [0.5, 0.6) is 0 Å². The zero-order valence-corrected chi connectivity index (χ0v) is 14.2. The van der Waals surface area contributed by atoms with Crippen molar-refractivity contribution in [3.05, 3.63) is 80.6 Å². The molecule has 4 nitrogen and oxygen atoms in total. The number of aromatic nitrogens is 2. The topological polar surface area (TPSA) is 57.8 Å². The zero-order valence-electron chi connectivity index (χ0n) is 12.6. The Morgan fingerprint density at radius 3 is 2.65 bits per heavy atom. The third kappa shape index (κ3) is 4.07. The third-order valence-corrected chi connectivity index (χ3v) is 3.96. The van der Waals surface area contributed by atoms with E-state index in [1.54, 1.807) is 0 Å². The average molecular weight is 370 g/mol. The molecule has 0 aliphatic carbocycles. The smallest absolute Gasteiger partial charge is 0.252 e. The Kier molecular flexibility index (Phi) is 4.57. The second-order valence-electron chi connectivity index (χ2n) is 5.33. The summed E-state index contributed by atoms with van der Waals surface area (Å²) in [4.78, 5) is 19.1. The molecule has 0 bridgehead atoms. The molecule has 0 amide bonds. The summed E-state index contributed by atoms with van der Waals surface area (Å²) in [6, 6.07) is 17.4. The van der Waals surface area contributed by atoms with Crippen LogP contribution in [0.1, 0.15) is 11.1 Å². The quantitative estimate of drug-likeness (QED) is 0.727. The second kappa shape index (κ2) is 6.79. The van der Waals surface area contributed by atoms with E-state index in [-0.39, 0.29) is 5.56 Å². The number of hydrogen-bond acceptors (Lipinski definition) is 3. The maximum atomic E-state index is 11.9. The van der Waals surface area contributed by atoms with E-state index in [9.17, 15) is 4.79 Å². The summed E-state index contributed by atoms with van der Waals surface area (Å²) in [7, 11) is 0. The Morgan fingerprint density at radius 2 is 1.91 bits per heavy atom. The summed E-state index contributed by atoms with van der Waals surface area (Å²) >= 11 is 3.41. The molecule has 0 spiro atoms. The van der Waals surface area contributed by atoms with Crippen LogP contribution in [-0.2, 0) is 6.54 Å². The van der Waals surface area contributed by atoms with Crippen LogP contribution in [0.2, 0.25) is 0 Å². The number of aromatic amines is 1. The number of aryl methyl sites for hydroxylation is 1. The van der Waals surface area contributed by atoms with E-state index >= 15 is 0 Å². The number of benzene rings is 2. The van der Waals surface area contributed by atoms with E-state index in [4.69, 9.17) is 0 Å². The first-order valence-corrected chi connectivity index (χ1v) is 8.06. The number of H-pyrrole nitrogens is 1. The summed E-state index contributed by atoms with van der Waals surface area (Å²) < 4.78 is 1.04. The minimum atomic E-state index is -0.171. The van der Waals surface area contributed by atoms with Gasteiger partial charge in [-0.05, 0) is 30.7 Å². The standard InChI is InChI=1S/C18H16BrN3O/c1-12-3-2-4-14(9-12)16-10-17(23)22-18(21-16)20-11-13-5-7-15(19)8-6-13/h2-10H,11H2,1H3,(H2,20,21,22,23). The van der Waals surface area contributed by atoms with Crippen LogP contribution in [0, 0.1) is 6.92 Å². The zero-order chi connectivity index (χ0) is 16.2. The minimum absolute atomic E-state index is 0.171. The Hall–Kier alpha value is -2.40. The molecule has 23 heavy (non-hydrogen) atoms. The summed E-state index contributed by atoms with van der Waals surface area (Å²) in [6.07, 6.45) is 0. The molecule has 0 aliphatic heterocycles. The Balaban J connectivity index is 1.83. The highest BCUT2D eigenvalue weighted by Crippen LogP contribution is 2.18. The molecule has 1 heterocycles. The third-order valence-electron chi connectivity index (χ3n) is 3.43. The second-order valence-corrected chi connectivity index (χ2v) is 6.24. The normalized spacial score (nSPS) is 10.5. The fraction of sp³-hybridized carbons (Fsp3) is 0.111. The minimum Gasteiger partial charge on any atom is -0.352 e. The van der Waals surface area contributed by atoms with Crippen molar-refractivity contribution in [2.45, 2.75) is 13.5 Å². The molecule has 1 aromatic heterocycles. The maximum absolute atomic E-state index is 11.9. The molecule has 116 valence electrons. The van der Waals surface area contributed by atoms with Gasteiger partial charge in [-0.25, -0.2) is 4.98 Å². The molecule has 0 aliphatic rings.